The molecule has 0 aromatic carbocycles. The zero-order chi connectivity index (χ0) is 7.49. The first-order chi connectivity index (χ1) is 4.06. The first kappa shape index (κ1) is 9.17. The van der Waals surface area contributed by atoms with Crippen LogP contribution in [0.3, 0.4) is 0 Å². The van der Waals surface area contributed by atoms with Crippen LogP contribution >= 0.6 is 7.75 Å². The molecule has 0 amide bonds. The van der Waals surface area contributed by atoms with Gasteiger partial charge in [0.05, 0.1) is 0 Å². The van der Waals surface area contributed by atoms with Crippen molar-refractivity contribution in [3.63, 3.8) is 0 Å². The van der Waals surface area contributed by atoms with Crippen LogP contribution in [-0.2, 0) is 13.6 Å². The number of nitrogens with zero attached hydrogens (tertiary/aromatic N) is 1. The second-order valence-corrected chi connectivity index (χ2v) is 4.15. The fourth-order valence-electron chi connectivity index (χ4n) is 0.401. The summed E-state index contributed by atoms with van der Waals surface area (Å²) in [6.45, 7) is 0. The van der Waals surface area contributed by atoms with E-state index in [-0.39, 0.29) is 0 Å². The highest BCUT2D eigenvalue weighted by atomic mass is 31.2. The summed E-state index contributed by atoms with van der Waals surface area (Å²) in [5.74, 6) is 0. The maximum absolute atomic E-state index is 11.1. The van der Waals surface area contributed by atoms with Gasteiger partial charge in [0.25, 0.3) is 0 Å². The van der Waals surface area contributed by atoms with Crippen molar-refractivity contribution in [3.05, 3.63) is 0 Å². The first-order valence-electron chi connectivity index (χ1n) is 2.46. The van der Waals surface area contributed by atoms with E-state index in [0.717, 1.165) is 0 Å². The van der Waals surface area contributed by atoms with E-state index in [1.807, 2.05) is 0 Å². The Hall–Kier alpha value is 0.175. The molecule has 0 aromatic heterocycles. The Kier molecular flexibility index (Phi) is 3.44. The Morgan fingerprint density at radius 3 is 1.78 bits per heavy atom. The average Bonchev–Trinajstić information content (AvgIpc) is 1.86. The highest BCUT2D eigenvalue weighted by Gasteiger charge is 2.22. The second-order valence-electron chi connectivity index (χ2n) is 1.68. The lowest BCUT2D eigenvalue weighted by Gasteiger charge is -2.19. The van der Waals surface area contributed by atoms with Gasteiger partial charge in [0.1, 0.15) is 0 Å². The van der Waals surface area contributed by atoms with Gasteiger partial charge in [0.15, 0.2) is 7.98 Å². The van der Waals surface area contributed by atoms with Gasteiger partial charge in [-0.15, -0.1) is 0 Å². The lowest BCUT2D eigenvalue weighted by molar-refractivity contribution is 0.248. The molecule has 4 nitrogen and oxygen atoms in total. The van der Waals surface area contributed by atoms with Crippen molar-refractivity contribution in [1.29, 1.82) is 0 Å². The van der Waals surface area contributed by atoms with Gasteiger partial charge in [-0.05, 0) is 7.05 Å². The standard InChI is InChI=1S/C3H11BNO3P/c1-5(4)9(6,7-2)8-3/h4H2,1-3H3. The highest BCUT2D eigenvalue weighted by Crippen LogP contribution is 2.47. The van der Waals surface area contributed by atoms with Crippen molar-refractivity contribution in [2.24, 2.45) is 0 Å². The van der Waals surface area contributed by atoms with E-state index >= 15 is 0 Å². The van der Waals surface area contributed by atoms with E-state index in [9.17, 15) is 4.57 Å². The molecule has 0 aliphatic rings. The van der Waals surface area contributed by atoms with E-state index in [1.54, 1.807) is 15.0 Å². The largest absolute Gasteiger partial charge is 0.396 e. The predicted octanol–water partition coefficient (Wildman–Crippen LogP) is -0.133. The molecule has 0 heterocycles. The molecule has 0 rings (SSSR count). The summed E-state index contributed by atoms with van der Waals surface area (Å²) in [4.78, 5) is 0. The quantitative estimate of drug-likeness (QED) is 0.415. The van der Waals surface area contributed by atoms with Crippen LogP contribution in [0.1, 0.15) is 0 Å². The maximum Gasteiger partial charge on any atom is 0.396 e. The number of rotatable bonds is 3. The van der Waals surface area contributed by atoms with Gasteiger partial charge < -0.3 is 9.05 Å². The molecule has 9 heavy (non-hydrogen) atoms. The Labute approximate surface area is 56.1 Å². The molecule has 0 fully saturated rings. The molecule has 0 saturated heterocycles. The van der Waals surface area contributed by atoms with E-state index in [0.29, 0.717) is 0 Å². The van der Waals surface area contributed by atoms with Crippen LogP contribution in [0.15, 0.2) is 0 Å². The van der Waals surface area contributed by atoms with Gasteiger partial charge >= 0.3 is 7.75 Å². The predicted molar refractivity (Wildman–Crippen MR) is 37.9 cm³/mol. The smallest absolute Gasteiger partial charge is 0.301 e. The second kappa shape index (κ2) is 3.37. The minimum absolute atomic E-state index is 1.35. The minimum Gasteiger partial charge on any atom is -0.301 e. The fraction of sp³-hybridized carbons (Fsp3) is 1.00. The van der Waals surface area contributed by atoms with Crippen molar-refractivity contribution >= 4 is 15.7 Å². The van der Waals surface area contributed by atoms with Gasteiger partial charge in [0, 0.05) is 14.2 Å². The maximum atomic E-state index is 11.1. The van der Waals surface area contributed by atoms with Crippen LogP contribution in [0.4, 0.5) is 0 Å². The molecule has 0 radical (unpaired) electrons. The molecule has 0 atom stereocenters. The van der Waals surface area contributed by atoms with Crippen LogP contribution in [0.5, 0.6) is 0 Å². The van der Waals surface area contributed by atoms with E-state index in [1.165, 1.54) is 18.8 Å². The van der Waals surface area contributed by atoms with Crippen LogP contribution in [0.2, 0.25) is 0 Å². The van der Waals surface area contributed by atoms with E-state index < -0.39 is 7.75 Å². The van der Waals surface area contributed by atoms with Gasteiger partial charge in [0.2, 0.25) is 0 Å². The zero-order valence-electron chi connectivity index (χ0n) is 6.12. The molecule has 54 valence electrons. The summed E-state index contributed by atoms with van der Waals surface area (Å²) in [6, 6.07) is 0. The van der Waals surface area contributed by atoms with Crippen LogP contribution in [-0.4, -0.2) is 33.8 Å². The third kappa shape index (κ3) is 2.10. The Balaban J connectivity index is 4.11. The monoisotopic (exact) mass is 151 g/mol. The normalized spacial score (nSPS) is 12.4. The number of hydrogen-bond acceptors (Lipinski definition) is 3. The van der Waals surface area contributed by atoms with Crippen LogP contribution < -0.4 is 0 Å². The summed E-state index contributed by atoms with van der Waals surface area (Å²) >= 11 is 0. The molecule has 0 unspecified atom stereocenters. The third-order valence-corrected chi connectivity index (χ3v) is 2.85. The topological polar surface area (TPSA) is 38.8 Å². The molecule has 0 aliphatic carbocycles. The SMILES string of the molecule is BN(C)P(=O)(OC)OC. The minimum atomic E-state index is -2.92. The van der Waals surface area contributed by atoms with E-state index in [2.05, 4.69) is 9.05 Å². The van der Waals surface area contributed by atoms with Gasteiger partial charge in [-0.25, -0.2) is 4.57 Å². The van der Waals surface area contributed by atoms with E-state index in [4.69, 9.17) is 0 Å². The van der Waals surface area contributed by atoms with Crippen molar-refractivity contribution in [2.45, 2.75) is 0 Å². The summed E-state index contributed by atoms with van der Waals surface area (Å²) in [6.07, 6.45) is 0. The molecule has 0 bridgehead atoms. The average molecular weight is 151 g/mol. The third-order valence-electron chi connectivity index (χ3n) is 0.951. The molecule has 0 aliphatic heterocycles. The number of hydrogen-bond donors (Lipinski definition) is 0. The van der Waals surface area contributed by atoms with Gasteiger partial charge in [-0.1, -0.05) is 0 Å². The molecule has 6 heteroatoms. The van der Waals surface area contributed by atoms with Crippen LogP contribution in [0, 0.1) is 0 Å². The molecular formula is C3H11BNO3P. The highest BCUT2D eigenvalue weighted by molar-refractivity contribution is 7.52. The Morgan fingerprint density at radius 1 is 1.44 bits per heavy atom. The molecular weight excluding hydrogens is 140 g/mol. The Morgan fingerprint density at radius 2 is 1.78 bits per heavy atom. The van der Waals surface area contributed by atoms with Crippen molar-refractivity contribution in [3.8, 4) is 0 Å². The van der Waals surface area contributed by atoms with Crippen molar-refractivity contribution in [1.82, 2.24) is 4.58 Å². The summed E-state index contributed by atoms with van der Waals surface area (Å²) in [5.41, 5.74) is 0. The molecule has 0 saturated carbocycles. The lowest BCUT2D eigenvalue weighted by atomic mass is 10.5. The molecule has 0 N–H and O–H groups in total. The van der Waals surface area contributed by atoms with Crippen molar-refractivity contribution in [2.75, 3.05) is 21.3 Å². The van der Waals surface area contributed by atoms with Gasteiger partial charge in [-0.3, -0.25) is 4.58 Å². The van der Waals surface area contributed by atoms with Gasteiger partial charge in [-0.2, -0.15) is 0 Å². The lowest BCUT2D eigenvalue weighted by Crippen LogP contribution is -2.12. The Bertz CT molecular complexity index is 120. The summed E-state index contributed by atoms with van der Waals surface area (Å²) in [5, 5.41) is 0. The molecule has 0 spiro atoms. The summed E-state index contributed by atoms with van der Waals surface area (Å²) < 4.78 is 21.8. The van der Waals surface area contributed by atoms with Crippen LogP contribution in [0.25, 0.3) is 0 Å². The fourth-order valence-corrected chi connectivity index (χ4v) is 1.20. The van der Waals surface area contributed by atoms with Crippen molar-refractivity contribution < 1.29 is 13.6 Å². The molecule has 0 aromatic rings. The summed E-state index contributed by atoms with van der Waals surface area (Å²) in [7, 11) is 3.05. The first-order valence-corrected chi connectivity index (χ1v) is 3.95. The zero-order valence-corrected chi connectivity index (χ0v) is 7.01.